The first-order valence-corrected chi connectivity index (χ1v) is 9.15. The van der Waals surface area contributed by atoms with Crippen LogP contribution in [0.15, 0.2) is 24.3 Å². The SMILES string of the molecule is O=C1CSC(c2ccc([N+](=O)[O-])cc2)N1CCCN1CCOCC1. The van der Waals surface area contributed by atoms with Crippen LogP contribution in [0.1, 0.15) is 17.4 Å². The van der Waals surface area contributed by atoms with Crippen LogP contribution >= 0.6 is 11.8 Å². The van der Waals surface area contributed by atoms with Crippen LogP contribution in [-0.2, 0) is 9.53 Å². The van der Waals surface area contributed by atoms with Crippen LogP contribution in [0.5, 0.6) is 0 Å². The summed E-state index contributed by atoms with van der Waals surface area (Å²) in [7, 11) is 0. The van der Waals surface area contributed by atoms with Crippen LogP contribution in [0.3, 0.4) is 0 Å². The van der Waals surface area contributed by atoms with E-state index in [4.69, 9.17) is 4.74 Å². The summed E-state index contributed by atoms with van der Waals surface area (Å²) in [6.07, 6.45) is 0.926. The summed E-state index contributed by atoms with van der Waals surface area (Å²) in [5, 5.41) is 10.7. The zero-order valence-electron chi connectivity index (χ0n) is 13.4. The summed E-state index contributed by atoms with van der Waals surface area (Å²) >= 11 is 1.58. The zero-order valence-corrected chi connectivity index (χ0v) is 14.2. The summed E-state index contributed by atoms with van der Waals surface area (Å²) in [4.78, 5) is 26.8. The molecule has 1 atom stereocenters. The monoisotopic (exact) mass is 351 g/mol. The molecule has 1 aromatic carbocycles. The molecule has 0 N–H and O–H groups in total. The van der Waals surface area contributed by atoms with Crippen LogP contribution in [0.25, 0.3) is 0 Å². The third-order valence-electron chi connectivity index (χ3n) is 4.33. The van der Waals surface area contributed by atoms with E-state index in [1.165, 1.54) is 12.1 Å². The van der Waals surface area contributed by atoms with Gasteiger partial charge in [-0.25, -0.2) is 0 Å². The molecule has 130 valence electrons. The molecule has 2 aliphatic rings. The lowest BCUT2D eigenvalue weighted by atomic mass is 10.2. The number of carbonyl (C=O) groups excluding carboxylic acids is 1. The topological polar surface area (TPSA) is 75.9 Å². The second-order valence-corrected chi connectivity index (χ2v) is 6.98. The van der Waals surface area contributed by atoms with E-state index in [0.717, 1.165) is 44.8 Å². The van der Waals surface area contributed by atoms with Gasteiger partial charge in [-0.2, -0.15) is 0 Å². The van der Waals surface area contributed by atoms with Gasteiger partial charge < -0.3 is 9.64 Å². The Hall–Kier alpha value is -1.64. The summed E-state index contributed by atoms with van der Waals surface area (Å²) in [6, 6.07) is 6.52. The minimum atomic E-state index is -0.406. The molecule has 1 aromatic rings. The van der Waals surface area contributed by atoms with Crippen LogP contribution in [-0.4, -0.2) is 65.8 Å². The van der Waals surface area contributed by atoms with Gasteiger partial charge in [0.1, 0.15) is 5.37 Å². The normalized spacial score (nSPS) is 22.1. The maximum Gasteiger partial charge on any atom is 0.269 e. The van der Waals surface area contributed by atoms with Gasteiger partial charge in [0.15, 0.2) is 0 Å². The van der Waals surface area contributed by atoms with Gasteiger partial charge >= 0.3 is 0 Å². The number of ether oxygens (including phenoxy) is 1. The van der Waals surface area contributed by atoms with E-state index in [2.05, 4.69) is 4.90 Å². The molecular formula is C16H21N3O4S. The largest absolute Gasteiger partial charge is 0.379 e. The number of hydrogen-bond acceptors (Lipinski definition) is 6. The first-order chi connectivity index (χ1) is 11.6. The van der Waals surface area contributed by atoms with Crippen LogP contribution in [0.4, 0.5) is 5.69 Å². The van der Waals surface area contributed by atoms with E-state index >= 15 is 0 Å². The van der Waals surface area contributed by atoms with Crippen molar-refractivity contribution in [3.63, 3.8) is 0 Å². The van der Waals surface area contributed by atoms with Crippen LogP contribution in [0.2, 0.25) is 0 Å². The number of rotatable bonds is 6. The Morgan fingerprint density at radius 3 is 2.58 bits per heavy atom. The molecule has 1 amide bonds. The molecule has 24 heavy (non-hydrogen) atoms. The Kier molecular flexibility index (Phi) is 5.70. The smallest absolute Gasteiger partial charge is 0.269 e. The molecule has 3 rings (SSSR count). The highest BCUT2D eigenvalue weighted by Gasteiger charge is 2.32. The number of hydrogen-bond donors (Lipinski definition) is 0. The lowest BCUT2D eigenvalue weighted by Crippen LogP contribution is -2.38. The average Bonchev–Trinajstić information content (AvgIpc) is 2.97. The summed E-state index contributed by atoms with van der Waals surface area (Å²) in [5.74, 6) is 0.615. The second-order valence-electron chi connectivity index (χ2n) is 5.91. The third-order valence-corrected chi connectivity index (χ3v) is 5.59. The molecular weight excluding hydrogens is 330 g/mol. The predicted molar refractivity (Wildman–Crippen MR) is 91.9 cm³/mol. The minimum Gasteiger partial charge on any atom is -0.379 e. The number of morpholine rings is 1. The van der Waals surface area contributed by atoms with Crippen molar-refractivity contribution < 1.29 is 14.5 Å². The molecule has 7 nitrogen and oxygen atoms in total. The lowest BCUT2D eigenvalue weighted by molar-refractivity contribution is -0.384. The van der Waals surface area contributed by atoms with Gasteiger partial charge in [-0.1, -0.05) is 0 Å². The van der Waals surface area contributed by atoms with Crippen LogP contribution < -0.4 is 0 Å². The van der Waals surface area contributed by atoms with E-state index in [1.807, 2.05) is 4.90 Å². The van der Waals surface area contributed by atoms with Gasteiger partial charge in [0.2, 0.25) is 5.91 Å². The number of benzene rings is 1. The standard InChI is InChI=1S/C16H21N3O4S/c20-15-12-24-16(13-2-4-14(5-3-13)19(21)22)18(15)7-1-6-17-8-10-23-11-9-17/h2-5,16H,1,6-12H2. The predicted octanol–water partition coefficient (Wildman–Crippen LogP) is 1.89. The van der Waals surface area contributed by atoms with Crippen molar-refractivity contribution >= 4 is 23.4 Å². The zero-order chi connectivity index (χ0) is 16.9. The molecule has 0 bridgehead atoms. The number of amides is 1. The molecule has 0 spiro atoms. The van der Waals surface area contributed by atoms with E-state index in [0.29, 0.717) is 12.3 Å². The molecule has 8 heteroatoms. The van der Waals surface area contributed by atoms with Crippen molar-refractivity contribution in [2.75, 3.05) is 45.1 Å². The number of nitrogens with zero attached hydrogens (tertiary/aromatic N) is 3. The number of nitro groups is 1. The maximum atomic E-state index is 12.2. The Bertz CT molecular complexity index is 589. The highest BCUT2D eigenvalue weighted by Crippen LogP contribution is 2.39. The second kappa shape index (κ2) is 7.96. The molecule has 1 unspecified atom stereocenters. The van der Waals surface area contributed by atoms with Crippen molar-refractivity contribution in [1.29, 1.82) is 0 Å². The fourth-order valence-corrected chi connectivity index (χ4v) is 4.24. The summed E-state index contributed by atoms with van der Waals surface area (Å²) in [5.41, 5.74) is 1.02. The Morgan fingerprint density at radius 2 is 1.92 bits per heavy atom. The Labute approximate surface area is 145 Å². The van der Waals surface area contributed by atoms with Gasteiger partial charge in [-0.15, -0.1) is 11.8 Å². The lowest BCUT2D eigenvalue weighted by Gasteiger charge is -2.29. The fourth-order valence-electron chi connectivity index (χ4n) is 3.02. The highest BCUT2D eigenvalue weighted by molar-refractivity contribution is 8.00. The molecule has 0 radical (unpaired) electrons. The Morgan fingerprint density at radius 1 is 1.21 bits per heavy atom. The van der Waals surface area contributed by atoms with E-state index in [9.17, 15) is 14.9 Å². The van der Waals surface area contributed by atoms with Crippen molar-refractivity contribution in [3.05, 3.63) is 39.9 Å². The maximum absolute atomic E-state index is 12.2. The van der Waals surface area contributed by atoms with Crippen LogP contribution in [0, 0.1) is 10.1 Å². The highest BCUT2D eigenvalue weighted by atomic mass is 32.2. The van der Waals surface area contributed by atoms with Gasteiger partial charge in [0.25, 0.3) is 5.69 Å². The fraction of sp³-hybridized carbons (Fsp3) is 0.562. The van der Waals surface area contributed by atoms with Crippen molar-refractivity contribution in [2.45, 2.75) is 11.8 Å². The summed E-state index contributed by atoms with van der Waals surface area (Å²) < 4.78 is 5.34. The molecule has 2 fully saturated rings. The quantitative estimate of drug-likeness (QED) is 0.575. The first kappa shape index (κ1) is 17.2. The van der Waals surface area contributed by atoms with Gasteiger partial charge in [-0.05, 0) is 24.1 Å². The van der Waals surface area contributed by atoms with E-state index < -0.39 is 4.92 Å². The Balaban J connectivity index is 1.58. The number of non-ortho nitro benzene ring substituents is 1. The first-order valence-electron chi connectivity index (χ1n) is 8.10. The molecule has 2 aliphatic heterocycles. The van der Waals surface area contributed by atoms with Gasteiger partial charge in [-0.3, -0.25) is 19.8 Å². The number of nitro benzene ring substituents is 1. The molecule has 0 saturated carbocycles. The number of thioether (sulfide) groups is 1. The molecule has 2 heterocycles. The molecule has 2 saturated heterocycles. The average molecular weight is 351 g/mol. The summed E-state index contributed by atoms with van der Waals surface area (Å²) in [6.45, 7) is 5.15. The van der Waals surface area contributed by atoms with Crippen molar-refractivity contribution in [1.82, 2.24) is 9.80 Å². The minimum absolute atomic E-state index is 0.0389. The van der Waals surface area contributed by atoms with Gasteiger partial charge in [0.05, 0.1) is 23.9 Å². The molecule has 0 aliphatic carbocycles. The van der Waals surface area contributed by atoms with E-state index in [1.54, 1.807) is 23.9 Å². The van der Waals surface area contributed by atoms with E-state index in [-0.39, 0.29) is 17.0 Å². The van der Waals surface area contributed by atoms with Crippen molar-refractivity contribution in [3.8, 4) is 0 Å². The number of carbonyl (C=O) groups is 1. The van der Waals surface area contributed by atoms with Gasteiger partial charge in [0, 0.05) is 38.3 Å². The van der Waals surface area contributed by atoms with Crippen molar-refractivity contribution in [2.24, 2.45) is 0 Å². The third kappa shape index (κ3) is 4.06. The molecule has 0 aromatic heterocycles.